The molecule has 0 spiro atoms. The van der Waals surface area contributed by atoms with Crippen LogP contribution in [0.15, 0.2) is 146 Å². The summed E-state index contributed by atoms with van der Waals surface area (Å²) in [5.41, 5.74) is 12.9. The first-order valence-corrected chi connectivity index (χ1v) is 45.8. The number of rotatable bonds is 36. The molecule has 3 aliphatic heterocycles. The number of ether oxygens (including phenoxy) is 6. The van der Waals surface area contributed by atoms with Crippen molar-refractivity contribution in [1.29, 1.82) is 15.8 Å². The molecule has 3 saturated heterocycles. The van der Waals surface area contributed by atoms with E-state index in [0.717, 1.165) is 57.8 Å². The Morgan fingerprint density at radius 2 is 0.810 bits per heavy atom. The van der Waals surface area contributed by atoms with Crippen molar-refractivity contribution >= 4 is 75.0 Å². The number of para-hydroxylation sites is 3. The lowest BCUT2D eigenvalue weighted by Crippen LogP contribution is -2.41. The van der Waals surface area contributed by atoms with Crippen LogP contribution in [0.3, 0.4) is 0 Å². The van der Waals surface area contributed by atoms with Crippen molar-refractivity contribution in [2.45, 2.75) is 196 Å². The molecule has 41 nitrogen and oxygen atoms in total. The summed E-state index contributed by atoms with van der Waals surface area (Å²) >= 11 is 0. The van der Waals surface area contributed by atoms with E-state index in [0.29, 0.717) is 16.6 Å². The molecule has 9 heterocycles. The van der Waals surface area contributed by atoms with Gasteiger partial charge in [-0.2, -0.15) is 41.3 Å². The van der Waals surface area contributed by atoms with Crippen molar-refractivity contribution in [2.24, 2.45) is 17.8 Å². The highest BCUT2D eigenvalue weighted by atomic mass is 31.2. The molecule has 126 heavy (non-hydrogen) atoms. The maximum absolute atomic E-state index is 14.1. The molecule has 0 bridgehead atoms. The van der Waals surface area contributed by atoms with Crippen LogP contribution in [0, 0.1) is 51.7 Å². The second-order valence-electron chi connectivity index (χ2n) is 30.6. The summed E-state index contributed by atoms with van der Waals surface area (Å²) in [7, 11) is -12.7. The van der Waals surface area contributed by atoms with Crippen molar-refractivity contribution in [1.82, 2.24) is 54.0 Å². The first-order valence-electron chi connectivity index (χ1n) is 41.0. The van der Waals surface area contributed by atoms with E-state index in [1.807, 2.05) is 45.9 Å². The lowest BCUT2D eigenvalue weighted by atomic mass is 9.92. The van der Waals surface area contributed by atoms with Crippen LogP contribution in [0.25, 0.3) is 16.6 Å². The number of hydrogen-bond donors (Lipinski definition) is 11. The van der Waals surface area contributed by atoms with Crippen LogP contribution in [0.2, 0.25) is 0 Å². The number of benzene rings is 3. The third-order valence-electron chi connectivity index (χ3n) is 22.0. The molecule has 13 rings (SSSR count). The standard InChI is InChI=1S/C28H34N5O8P.2C27H35N6O8P/c1-18(27(36)39-19-8-4-2-5-9-19)15-42(37,41-20-10-6-3-7-11-20)38-14-22-24(34)25(35)28(16-29,40-22)23-13-12-21-26(30)31-17-32-33(21)23;2*1-4-18(5-2)13-38-26(36)17(3)32-42(37,41-19-9-7-6-8-10-19)39-14-21-23(34)24(35)27(15-28,40-21)22-12-11-20-25(29)30-16-31-33(20)22/h3,6-7,10-13,17-19,22,24-25,34-35H,2,4-5,8-9,14-15H2,1H3,(H2,30,31,32);2*6-12,16-18,21,23-24,34-35H,4-5,13-14H2,1-3H3,(H,32,37)(H2,29,30,31)/t18-,22-,24-,25-,28+,42?;17-,21+,23+,24+,27-,42+;17-,21+,23+,24+,27-,42-/m100/s1. The Kier molecular flexibility index (Phi) is 32.2. The zero-order valence-electron chi connectivity index (χ0n) is 70.1. The summed E-state index contributed by atoms with van der Waals surface area (Å²) < 4.78 is 114. The third kappa shape index (κ3) is 21.8. The Labute approximate surface area is 724 Å². The van der Waals surface area contributed by atoms with Crippen LogP contribution in [0.1, 0.15) is 123 Å². The Bertz CT molecular complexity index is 5240. The number of aromatic nitrogens is 9. The van der Waals surface area contributed by atoms with E-state index in [2.05, 4.69) is 40.4 Å². The number of esters is 3. The molecule has 0 radical (unpaired) electrons. The number of nitrogen functional groups attached to an aromatic ring is 3. The van der Waals surface area contributed by atoms with E-state index in [-0.39, 0.29) is 89.1 Å². The normalized spacial score (nSPS) is 25.1. The molecule has 1 unspecified atom stereocenters. The minimum absolute atomic E-state index is 0.0961. The van der Waals surface area contributed by atoms with Gasteiger partial charge in [0.25, 0.3) is 0 Å². The Hall–Kier alpha value is -10.7. The SMILES string of the molecule is CCC(CC)COC(=O)[C@H](C)N[P@@](=O)(OC[C@H]1O[C@@](C#N)(c2ccc3c(N)ncnn23)[C@H](O)[C@@H]1O)Oc1ccccc1.CCC(CC)COC(=O)[C@H](C)N[P@](=O)(OC[C@H]1O[C@@](C#N)(c2ccc3c(N)ncnn23)[C@H](O)[C@@H]1O)Oc1ccccc1.C[C@H](CP(=O)(OC[C@H]1O[C@@](C#N)(c2ccc3c(N)ncnn23)[C@H](O)[C@@H]1O)Oc1ccccc1)C(=O)OC1CCCCC1. The van der Waals surface area contributed by atoms with E-state index in [1.54, 1.807) is 116 Å². The zero-order chi connectivity index (χ0) is 90.9. The molecule has 18 atom stereocenters. The minimum atomic E-state index is -4.32. The van der Waals surface area contributed by atoms with E-state index < -0.39 is 151 Å². The fourth-order valence-electron chi connectivity index (χ4n) is 14.5. The van der Waals surface area contributed by atoms with Crippen LogP contribution in [0.4, 0.5) is 17.5 Å². The molecular weight excluding hydrogens is 1700 g/mol. The number of nitrogens with one attached hydrogen (secondary N) is 2. The van der Waals surface area contributed by atoms with Gasteiger partial charge in [0.15, 0.2) is 17.5 Å². The molecular formula is C82H104N17O24P3. The highest BCUT2D eigenvalue weighted by Crippen LogP contribution is 2.53. The van der Waals surface area contributed by atoms with Crippen molar-refractivity contribution < 1.29 is 114 Å². The predicted octanol–water partition coefficient (Wildman–Crippen LogP) is 7.58. The highest BCUT2D eigenvalue weighted by Gasteiger charge is 2.61. The van der Waals surface area contributed by atoms with Gasteiger partial charge in [0.1, 0.15) is 144 Å². The van der Waals surface area contributed by atoms with E-state index in [1.165, 1.54) is 64.6 Å². The maximum Gasteiger partial charge on any atom is 0.459 e. The van der Waals surface area contributed by atoms with Gasteiger partial charge in [-0.15, -0.1) is 0 Å². The summed E-state index contributed by atoms with van der Waals surface area (Å²) in [5, 5.41) is 114. The van der Waals surface area contributed by atoms with Gasteiger partial charge in [0, 0.05) is 0 Å². The van der Waals surface area contributed by atoms with E-state index in [9.17, 15) is 74.5 Å². The van der Waals surface area contributed by atoms with Gasteiger partial charge in [-0.25, -0.2) is 42.2 Å². The smallest absolute Gasteiger partial charge is 0.459 e. The molecule has 0 amide bonds. The van der Waals surface area contributed by atoms with Crippen LogP contribution >= 0.6 is 23.1 Å². The largest absolute Gasteiger partial charge is 0.464 e. The van der Waals surface area contributed by atoms with E-state index >= 15 is 0 Å². The quantitative estimate of drug-likeness (QED) is 0.0102. The minimum Gasteiger partial charge on any atom is -0.464 e. The molecule has 14 N–H and O–H groups in total. The number of fused-ring (bicyclic) bond motifs is 3. The molecule has 6 aromatic heterocycles. The van der Waals surface area contributed by atoms with Crippen molar-refractivity contribution in [2.75, 3.05) is 56.4 Å². The Morgan fingerprint density at radius 3 is 1.13 bits per heavy atom. The summed E-state index contributed by atoms with van der Waals surface area (Å²) in [4.78, 5) is 50.0. The van der Waals surface area contributed by atoms with Crippen molar-refractivity contribution in [3.05, 3.63) is 163 Å². The van der Waals surface area contributed by atoms with Gasteiger partial charge >= 0.3 is 41.0 Å². The number of nitrogens with zero attached hydrogens (tertiary/aromatic N) is 12. The highest BCUT2D eigenvalue weighted by molar-refractivity contribution is 7.54. The molecule has 1 aliphatic carbocycles. The topological polar surface area (TPSA) is 599 Å². The number of aliphatic hydroxyl groups is 6. The second kappa shape index (κ2) is 42.3. The monoisotopic (exact) mass is 1800 g/mol. The number of carbonyl (C=O) groups is 3. The first kappa shape index (κ1) is 96.0. The summed E-state index contributed by atoms with van der Waals surface area (Å²) in [6.45, 7) is 11.2. The lowest BCUT2D eigenvalue weighted by Gasteiger charge is -2.26. The number of carbonyl (C=O) groups excluding carboxylic acids is 3. The van der Waals surface area contributed by atoms with Gasteiger partial charge in [-0.05, 0) is 124 Å². The fourth-order valence-corrected chi connectivity index (χ4v) is 19.4. The number of aliphatic hydroxyl groups excluding tert-OH is 6. The number of nitrogens with two attached hydrogens (primary N) is 3. The molecule has 4 fully saturated rings. The van der Waals surface area contributed by atoms with Gasteiger partial charge in [0.05, 0.1) is 62.2 Å². The predicted molar refractivity (Wildman–Crippen MR) is 449 cm³/mol. The number of hydrogen-bond acceptors (Lipinski definition) is 36. The van der Waals surface area contributed by atoms with Crippen LogP contribution in [-0.2, 0) is 86.9 Å². The van der Waals surface area contributed by atoms with E-state index in [4.69, 9.17) is 72.8 Å². The Balaban J connectivity index is 0.000000183. The molecule has 44 heteroatoms. The second-order valence-corrected chi connectivity index (χ2v) is 36.0. The fraction of sp³-hybridized carbons (Fsp3) is 0.488. The average molecular weight is 1800 g/mol. The molecule has 676 valence electrons. The molecule has 9 aromatic rings. The van der Waals surface area contributed by atoms with Crippen LogP contribution in [-0.4, -0.2) is 205 Å². The first-order chi connectivity index (χ1) is 60.3. The van der Waals surface area contributed by atoms with Gasteiger partial charge in [-0.3, -0.25) is 28.0 Å². The van der Waals surface area contributed by atoms with Crippen molar-refractivity contribution in [3.63, 3.8) is 0 Å². The molecule has 3 aromatic carbocycles. The third-order valence-corrected chi connectivity index (χ3v) is 27.3. The zero-order valence-corrected chi connectivity index (χ0v) is 72.8. The van der Waals surface area contributed by atoms with Crippen LogP contribution in [0.5, 0.6) is 17.2 Å². The van der Waals surface area contributed by atoms with Gasteiger partial charge in [-0.1, -0.05) is 121 Å². The lowest BCUT2D eigenvalue weighted by molar-refractivity contribution is -0.154. The molecule has 1 saturated carbocycles. The Morgan fingerprint density at radius 1 is 0.484 bits per heavy atom. The maximum atomic E-state index is 14.1. The van der Waals surface area contributed by atoms with Gasteiger partial charge < -0.3 is 89.8 Å². The van der Waals surface area contributed by atoms with Gasteiger partial charge in [0.2, 0.25) is 16.8 Å². The number of nitriles is 3. The van der Waals surface area contributed by atoms with Crippen LogP contribution < -0.4 is 40.9 Å². The number of anilines is 3. The summed E-state index contributed by atoms with van der Waals surface area (Å²) in [5.74, 6) is -1.21. The summed E-state index contributed by atoms with van der Waals surface area (Å²) in [6.07, 6.45) is -2.96. The van der Waals surface area contributed by atoms with Crippen molar-refractivity contribution in [3.8, 4) is 35.5 Å². The average Bonchev–Trinajstić information content (AvgIpc) is 1.59. The summed E-state index contributed by atoms with van der Waals surface area (Å²) in [6, 6.07) is 37.4. The molecule has 4 aliphatic rings.